The molecule has 0 bridgehead atoms. The van der Waals surface area contributed by atoms with E-state index in [0.717, 1.165) is 50.2 Å². The van der Waals surface area contributed by atoms with Crippen LogP contribution in [0.3, 0.4) is 0 Å². The summed E-state index contributed by atoms with van der Waals surface area (Å²) >= 11 is 0. The highest BCUT2D eigenvalue weighted by Crippen LogP contribution is 2.13. The molecule has 1 aromatic rings. The Bertz CT molecular complexity index is 368. The van der Waals surface area contributed by atoms with Crippen LogP contribution < -0.4 is 10.2 Å². The first-order chi connectivity index (χ1) is 9.19. The van der Waals surface area contributed by atoms with Crippen LogP contribution in [0.2, 0.25) is 0 Å². The SMILES string of the molecule is CNCc1cnc(N2CCN(CC(C)C)CC2)cn1. The molecule has 0 radical (unpaired) electrons. The van der Waals surface area contributed by atoms with Crippen molar-refractivity contribution in [2.75, 3.05) is 44.7 Å². The second-order valence-corrected chi connectivity index (χ2v) is 5.58. The molecular weight excluding hydrogens is 238 g/mol. The average Bonchev–Trinajstić information content (AvgIpc) is 2.40. The van der Waals surface area contributed by atoms with E-state index in [-0.39, 0.29) is 0 Å². The summed E-state index contributed by atoms with van der Waals surface area (Å²) in [5.41, 5.74) is 0.990. The van der Waals surface area contributed by atoms with E-state index < -0.39 is 0 Å². The van der Waals surface area contributed by atoms with Crippen LogP contribution >= 0.6 is 0 Å². The first-order valence-electron chi connectivity index (χ1n) is 7.12. The quantitative estimate of drug-likeness (QED) is 0.858. The number of aromatic nitrogens is 2. The lowest BCUT2D eigenvalue weighted by Gasteiger charge is -2.36. The largest absolute Gasteiger partial charge is 0.353 e. The van der Waals surface area contributed by atoms with Gasteiger partial charge in [-0.2, -0.15) is 0 Å². The molecule has 1 aromatic heterocycles. The molecule has 1 saturated heterocycles. The number of nitrogens with zero attached hydrogens (tertiary/aromatic N) is 4. The van der Waals surface area contributed by atoms with Gasteiger partial charge in [-0.25, -0.2) is 4.98 Å². The van der Waals surface area contributed by atoms with Gasteiger partial charge in [0, 0.05) is 39.3 Å². The molecule has 2 rings (SSSR count). The van der Waals surface area contributed by atoms with Crippen molar-refractivity contribution in [3.63, 3.8) is 0 Å². The van der Waals surface area contributed by atoms with Crippen LogP contribution in [0.15, 0.2) is 12.4 Å². The van der Waals surface area contributed by atoms with Crippen LogP contribution in [0.25, 0.3) is 0 Å². The molecule has 2 heterocycles. The molecule has 0 saturated carbocycles. The van der Waals surface area contributed by atoms with E-state index in [4.69, 9.17) is 0 Å². The molecule has 0 amide bonds. The average molecular weight is 263 g/mol. The minimum absolute atomic E-state index is 0.743. The second-order valence-electron chi connectivity index (χ2n) is 5.58. The standard InChI is InChI=1S/C14H25N5/c1-12(2)11-18-4-6-19(7-5-18)14-10-16-13(8-15-3)9-17-14/h9-10,12,15H,4-8,11H2,1-3H3. The summed E-state index contributed by atoms with van der Waals surface area (Å²) in [6.45, 7) is 10.9. The second kappa shape index (κ2) is 6.82. The molecule has 5 heteroatoms. The summed E-state index contributed by atoms with van der Waals surface area (Å²) in [6, 6.07) is 0. The van der Waals surface area contributed by atoms with Crippen molar-refractivity contribution in [3.05, 3.63) is 18.1 Å². The molecule has 1 aliphatic rings. The topological polar surface area (TPSA) is 44.3 Å². The van der Waals surface area contributed by atoms with Crippen LogP contribution in [-0.2, 0) is 6.54 Å². The Morgan fingerprint density at radius 1 is 1.16 bits per heavy atom. The summed E-state index contributed by atoms with van der Waals surface area (Å²) < 4.78 is 0. The maximum absolute atomic E-state index is 4.51. The normalized spacial score (nSPS) is 17.2. The Kier molecular flexibility index (Phi) is 5.10. The highest BCUT2D eigenvalue weighted by molar-refractivity contribution is 5.36. The van der Waals surface area contributed by atoms with Crippen LogP contribution in [0, 0.1) is 5.92 Å². The van der Waals surface area contributed by atoms with Gasteiger partial charge < -0.3 is 10.2 Å². The molecule has 1 aliphatic heterocycles. The Balaban J connectivity index is 1.87. The highest BCUT2D eigenvalue weighted by atomic mass is 15.3. The number of nitrogens with one attached hydrogen (secondary N) is 1. The highest BCUT2D eigenvalue weighted by Gasteiger charge is 2.18. The van der Waals surface area contributed by atoms with E-state index >= 15 is 0 Å². The molecule has 0 atom stereocenters. The number of piperazine rings is 1. The number of hydrogen-bond acceptors (Lipinski definition) is 5. The first-order valence-corrected chi connectivity index (χ1v) is 7.12. The summed E-state index contributed by atoms with van der Waals surface area (Å²) in [5, 5.41) is 3.08. The molecule has 0 spiro atoms. The Labute approximate surface area is 116 Å². The fourth-order valence-electron chi connectivity index (χ4n) is 2.46. The monoisotopic (exact) mass is 263 g/mol. The predicted octanol–water partition coefficient (Wildman–Crippen LogP) is 0.974. The zero-order chi connectivity index (χ0) is 13.7. The number of hydrogen-bond donors (Lipinski definition) is 1. The lowest BCUT2D eigenvalue weighted by Crippen LogP contribution is -2.47. The minimum atomic E-state index is 0.743. The smallest absolute Gasteiger partial charge is 0.147 e. The third-order valence-corrected chi connectivity index (χ3v) is 3.37. The number of anilines is 1. The molecular formula is C14H25N5. The van der Waals surface area contributed by atoms with E-state index in [1.54, 1.807) is 0 Å². The van der Waals surface area contributed by atoms with Gasteiger partial charge in [-0.3, -0.25) is 9.88 Å². The predicted molar refractivity (Wildman–Crippen MR) is 78.3 cm³/mol. The van der Waals surface area contributed by atoms with Gasteiger partial charge in [-0.05, 0) is 13.0 Å². The fourth-order valence-corrected chi connectivity index (χ4v) is 2.46. The molecule has 0 aromatic carbocycles. The molecule has 5 nitrogen and oxygen atoms in total. The number of rotatable bonds is 5. The fraction of sp³-hybridized carbons (Fsp3) is 0.714. The van der Waals surface area contributed by atoms with E-state index in [2.05, 4.69) is 38.9 Å². The molecule has 1 fully saturated rings. The van der Waals surface area contributed by atoms with Gasteiger partial charge >= 0.3 is 0 Å². The summed E-state index contributed by atoms with van der Waals surface area (Å²) in [7, 11) is 1.92. The lowest BCUT2D eigenvalue weighted by atomic mass is 10.2. The molecule has 19 heavy (non-hydrogen) atoms. The third-order valence-electron chi connectivity index (χ3n) is 3.37. The maximum Gasteiger partial charge on any atom is 0.147 e. The zero-order valence-electron chi connectivity index (χ0n) is 12.3. The van der Waals surface area contributed by atoms with Crippen molar-refractivity contribution in [1.29, 1.82) is 0 Å². The zero-order valence-corrected chi connectivity index (χ0v) is 12.3. The van der Waals surface area contributed by atoms with Crippen molar-refractivity contribution in [2.45, 2.75) is 20.4 Å². The van der Waals surface area contributed by atoms with Gasteiger partial charge in [0.15, 0.2) is 0 Å². The Morgan fingerprint density at radius 3 is 2.42 bits per heavy atom. The first kappa shape index (κ1) is 14.2. The van der Waals surface area contributed by atoms with Crippen molar-refractivity contribution in [3.8, 4) is 0 Å². The van der Waals surface area contributed by atoms with Crippen LogP contribution in [0.1, 0.15) is 19.5 Å². The Hall–Kier alpha value is -1.20. The minimum Gasteiger partial charge on any atom is -0.353 e. The summed E-state index contributed by atoms with van der Waals surface area (Å²) in [6.07, 6.45) is 3.76. The van der Waals surface area contributed by atoms with Gasteiger partial charge in [-0.15, -0.1) is 0 Å². The van der Waals surface area contributed by atoms with E-state index in [9.17, 15) is 0 Å². The summed E-state index contributed by atoms with van der Waals surface area (Å²) in [4.78, 5) is 13.8. The maximum atomic E-state index is 4.51. The van der Waals surface area contributed by atoms with E-state index in [1.807, 2.05) is 19.4 Å². The molecule has 0 aliphatic carbocycles. The van der Waals surface area contributed by atoms with Gasteiger partial charge in [0.1, 0.15) is 5.82 Å². The summed E-state index contributed by atoms with van der Waals surface area (Å²) in [5.74, 6) is 1.75. The van der Waals surface area contributed by atoms with Crippen LogP contribution in [0.5, 0.6) is 0 Å². The van der Waals surface area contributed by atoms with Gasteiger partial charge in [0.25, 0.3) is 0 Å². The van der Waals surface area contributed by atoms with Gasteiger partial charge in [-0.1, -0.05) is 13.8 Å². The van der Waals surface area contributed by atoms with Crippen molar-refractivity contribution in [2.24, 2.45) is 5.92 Å². The van der Waals surface area contributed by atoms with Crippen molar-refractivity contribution in [1.82, 2.24) is 20.2 Å². The Morgan fingerprint density at radius 2 is 1.89 bits per heavy atom. The van der Waals surface area contributed by atoms with Crippen molar-refractivity contribution >= 4 is 5.82 Å². The van der Waals surface area contributed by atoms with E-state index in [1.165, 1.54) is 6.54 Å². The van der Waals surface area contributed by atoms with Crippen LogP contribution in [-0.4, -0.2) is 54.6 Å². The molecule has 0 unspecified atom stereocenters. The molecule has 1 N–H and O–H groups in total. The third kappa shape index (κ3) is 4.14. The van der Waals surface area contributed by atoms with Crippen molar-refractivity contribution < 1.29 is 0 Å². The lowest BCUT2D eigenvalue weighted by molar-refractivity contribution is 0.231. The van der Waals surface area contributed by atoms with Gasteiger partial charge in [0.2, 0.25) is 0 Å². The van der Waals surface area contributed by atoms with E-state index in [0.29, 0.717) is 0 Å². The molecule has 106 valence electrons. The van der Waals surface area contributed by atoms with Gasteiger partial charge in [0.05, 0.1) is 18.1 Å². The van der Waals surface area contributed by atoms with Crippen LogP contribution in [0.4, 0.5) is 5.82 Å².